The molecule has 11 N–H and O–H groups in total. The summed E-state index contributed by atoms with van der Waals surface area (Å²) in [5.41, 5.74) is 9.19. The van der Waals surface area contributed by atoms with Crippen molar-refractivity contribution in [3.63, 3.8) is 0 Å². The van der Waals surface area contributed by atoms with Gasteiger partial charge in [-0.05, 0) is 67.6 Å². The number of benzene rings is 2. The van der Waals surface area contributed by atoms with E-state index in [0.717, 1.165) is 0 Å². The molecule has 1 aliphatic heterocycles. The summed E-state index contributed by atoms with van der Waals surface area (Å²) in [6.07, 6.45) is 4.14. The van der Waals surface area contributed by atoms with Gasteiger partial charge in [-0.2, -0.15) is 13.5 Å². The average molecular weight is 937 g/mol. The van der Waals surface area contributed by atoms with Gasteiger partial charge in [0.25, 0.3) is 16.0 Å². The van der Waals surface area contributed by atoms with Crippen LogP contribution in [0.15, 0.2) is 76.9 Å². The Labute approximate surface area is 381 Å². The van der Waals surface area contributed by atoms with E-state index in [0.29, 0.717) is 43.5 Å². The number of hydrazone groups is 1. The van der Waals surface area contributed by atoms with Gasteiger partial charge in [0, 0.05) is 24.7 Å². The number of hydrogen-bond donors (Lipinski definition) is 10. The smallest absolute Gasteiger partial charge is 0.305 e. The molecule has 0 spiro atoms. The number of amides is 6. The fourth-order valence-electron chi connectivity index (χ4n) is 6.50. The lowest BCUT2D eigenvalue weighted by Gasteiger charge is -2.27. The van der Waals surface area contributed by atoms with E-state index in [2.05, 4.69) is 47.4 Å². The maximum atomic E-state index is 13.9. The number of rotatable bonds is 20. The van der Waals surface area contributed by atoms with Gasteiger partial charge in [0.05, 0.1) is 31.4 Å². The summed E-state index contributed by atoms with van der Waals surface area (Å²) in [5.74, 6) is -5.47. The predicted octanol–water partition coefficient (Wildman–Crippen LogP) is 0.235. The molecule has 1 saturated heterocycles. The number of unbranched alkanes of at least 4 members (excludes halogenated alkanes) is 2. The lowest BCUT2D eigenvalue weighted by Crippen LogP contribution is -2.59. The Morgan fingerprint density at radius 3 is 2.26 bits per heavy atom. The van der Waals surface area contributed by atoms with Crippen LogP contribution in [0.25, 0.3) is 0 Å². The van der Waals surface area contributed by atoms with Crippen LogP contribution in [0.2, 0.25) is 0 Å². The molecule has 0 radical (unpaired) electrons. The number of nitrogens with zero attached hydrogens (tertiary/aromatic N) is 2. The summed E-state index contributed by atoms with van der Waals surface area (Å²) >= 11 is 0. The molecule has 22 nitrogen and oxygen atoms in total. The van der Waals surface area contributed by atoms with E-state index in [1.165, 1.54) is 42.7 Å². The quantitative estimate of drug-likeness (QED) is 0.0314. The molecule has 0 saturated carbocycles. The molecule has 3 aromatic rings. The number of carbonyl (C=O) groups excluding carboxylic acids is 6. The van der Waals surface area contributed by atoms with E-state index in [1.807, 2.05) is 0 Å². The van der Waals surface area contributed by atoms with Gasteiger partial charge in [-0.25, -0.2) is 4.98 Å². The zero-order valence-corrected chi connectivity index (χ0v) is 37.3. The Morgan fingerprint density at radius 1 is 0.879 bits per heavy atom. The Morgan fingerprint density at radius 2 is 1.59 bits per heavy atom. The molecule has 4 rings (SSSR count). The standard InChI is InChI=1S/C43H56N10O12S/c1-26(2)38-43(61)50-31(10-4-3-7-18-44)40(58)47-25-36(54)49-33(22-37(55)56)41(59)51-32(42(60)52-38)21-27-12-15-30(16-13-27)65-20-8-19-45-39(57)29-14-17-35(46-23-29)53-48-24-28-9-5-6-11-34(28)66(62,63)64/h5-6,9,11-17,23-24,26,31-33,38H,3-4,7-8,10,18-22,25,44H2,1-2H3,(H,45,57)(H,46,53)(H,47,58)(H,49,54)(H,50,61)(H,51,59)(H,52,60)(H,55,56)(H,62,63,64)/b48-24+/t31-,32+,33-,38?/m0/s1. The largest absolute Gasteiger partial charge is 0.494 e. The average Bonchev–Trinajstić information content (AvgIpc) is 3.27. The number of ether oxygens (including phenoxy) is 1. The first-order valence-electron chi connectivity index (χ1n) is 21.2. The van der Waals surface area contributed by atoms with Crippen LogP contribution in [0.4, 0.5) is 5.82 Å². The number of anilines is 1. The van der Waals surface area contributed by atoms with E-state index >= 15 is 0 Å². The van der Waals surface area contributed by atoms with Crippen molar-refractivity contribution in [2.24, 2.45) is 16.8 Å². The molecule has 23 heteroatoms. The molecule has 0 aliphatic carbocycles. The van der Waals surface area contributed by atoms with Crippen molar-refractivity contribution < 1.29 is 56.4 Å². The van der Waals surface area contributed by atoms with Crippen LogP contribution in [-0.4, -0.2) is 121 Å². The second-order valence-electron chi connectivity index (χ2n) is 15.5. The van der Waals surface area contributed by atoms with E-state index in [-0.39, 0.29) is 47.8 Å². The van der Waals surface area contributed by atoms with Gasteiger partial charge >= 0.3 is 5.97 Å². The molecule has 2 heterocycles. The van der Waals surface area contributed by atoms with Crippen LogP contribution >= 0.6 is 0 Å². The number of pyridine rings is 1. The lowest BCUT2D eigenvalue weighted by atomic mass is 9.99. The summed E-state index contributed by atoms with van der Waals surface area (Å²) in [6.45, 7) is 3.69. The van der Waals surface area contributed by atoms with E-state index in [4.69, 9.17) is 10.5 Å². The molecule has 1 aliphatic rings. The van der Waals surface area contributed by atoms with Crippen molar-refractivity contribution in [3.05, 3.63) is 83.6 Å². The van der Waals surface area contributed by atoms with E-state index in [1.54, 1.807) is 44.2 Å². The SMILES string of the molecule is CC(C)C1NC(=O)[C@@H](Cc2ccc(OCCCNC(=O)c3ccc(N/N=C/c4ccccc4S(=O)(=O)O)nc3)cc2)NC(=O)[C@H](CC(=O)O)NC(=O)CNC(=O)[C@H](CCCCCN)NC1=O. The molecule has 1 aromatic heterocycles. The molecule has 1 unspecified atom stereocenters. The minimum Gasteiger partial charge on any atom is -0.494 e. The Hall–Kier alpha value is -6.98. The highest BCUT2D eigenvalue weighted by atomic mass is 32.2. The fraction of sp³-hybridized carbons (Fsp3) is 0.419. The number of carboxylic acids is 1. The van der Waals surface area contributed by atoms with Crippen molar-refractivity contribution in [2.45, 2.75) is 87.9 Å². The Balaban J connectivity index is 1.35. The number of nitrogens with two attached hydrogens (primary N) is 1. The third kappa shape index (κ3) is 16.9. The maximum Gasteiger partial charge on any atom is 0.305 e. The van der Waals surface area contributed by atoms with Gasteiger partial charge in [0.2, 0.25) is 29.5 Å². The van der Waals surface area contributed by atoms with E-state index in [9.17, 15) is 51.6 Å². The molecule has 0 bridgehead atoms. The highest BCUT2D eigenvalue weighted by molar-refractivity contribution is 7.86. The summed E-state index contributed by atoms with van der Waals surface area (Å²) in [6, 6.07) is 10.2. The number of carbonyl (C=O) groups is 7. The Kier molecular flexibility index (Phi) is 20.0. The monoisotopic (exact) mass is 936 g/mol. The first-order valence-corrected chi connectivity index (χ1v) is 22.6. The first-order chi connectivity index (χ1) is 31.4. The summed E-state index contributed by atoms with van der Waals surface area (Å²) in [4.78, 5) is 95.2. The van der Waals surface area contributed by atoms with Gasteiger partial charge in [0.1, 0.15) is 40.6 Å². The summed E-state index contributed by atoms with van der Waals surface area (Å²) in [5, 5.41) is 28.9. The van der Waals surface area contributed by atoms with Gasteiger partial charge in [-0.3, -0.25) is 43.5 Å². The molecular formula is C43H56N10O12S. The second-order valence-corrected chi connectivity index (χ2v) is 16.9. The topological polar surface area (TPSA) is 339 Å². The van der Waals surface area contributed by atoms with Crippen molar-refractivity contribution in [1.82, 2.24) is 36.9 Å². The summed E-state index contributed by atoms with van der Waals surface area (Å²) < 4.78 is 38.3. The van der Waals surface area contributed by atoms with Crippen LogP contribution in [0.3, 0.4) is 0 Å². The molecule has 4 atom stereocenters. The molecule has 66 heavy (non-hydrogen) atoms. The molecule has 6 amide bonds. The van der Waals surface area contributed by atoms with Crippen molar-refractivity contribution in [3.8, 4) is 5.75 Å². The second kappa shape index (κ2) is 25.5. The number of aliphatic carboxylic acids is 1. The Bertz CT molecular complexity index is 2310. The zero-order chi connectivity index (χ0) is 48.2. The van der Waals surface area contributed by atoms with Crippen molar-refractivity contribution in [1.29, 1.82) is 0 Å². The first kappa shape index (κ1) is 51.7. The lowest BCUT2D eigenvalue weighted by molar-refractivity contribution is -0.141. The zero-order valence-electron chi connectivity index (χ0n) is 36.5. The van der Waals surface area contributed by atoms with Crippen LogP contribution < -0.4 is 47.8 Å². The third-order valence-corrected chi connectivity index (χ3v) is 10.9. The van der Waals surface area contributed by atoms with E-state index < -0.39 is 94.6 Å². The van der Waals surface area contributed by atoms with Crippen molar-refractivity contribution in [2.75, 3.05) is 31.7 Å². The molecule has 356 valence electrons. The number of carboxylic acid groups (broad SMARTS) is 1. The predicted molar refractivity (Wildman–Crippen MR) is 240 cm³/mol. The van der Waals surface area contributed by atoms with Crippen molar-refractivity contribution >= 4 is 63.6 Å². The van der Waals surface area contributed by atoms with Gasteiger partial charge in [-0.1, -0.05) is 57.0 Å². The van der Waals surface area contributed by atoms with Gasteiger partial charge in [0.15, 0.2) is 0 Å². The normalized spacial score (nSPS) is 18.8. The van der Waals surface area contributed by atoms with Gasteiger partial charge in [-0.15, -0.1) is 0 Å². The van der Waals surface area contributed by atoms with Crippen LogP contribution in [0, 0.1) is 5.92 Å². The number of nitrogens with one attached hydrogen (secondary N) is 7. The highest BCUT2D eigenvalue weighted by Crippen LogP contribution is 2.16. The number of hydrogen-bond acceptors (Lipinski definition) is 14. The molecule has 2 aromatic carbocycles. The van der Waals surface area contributed by atoms with Crippen LogP contribution in [0.5, 0.6) is 5.75 Å². The fourth-order valence-corrected chi connectivity index (χ4v) is 7.17. The minimum atomic E-state index is -4.45. The minimum absolute atomic E-state index is 0.113. The van der Waals surface area contributed by atoms with Gasteiger partial charge < -0.3 is 47.5 Å². The highest BCUT2D eigenvalue weighted by Gasteiger charge is 2.34. The van der Waals surface area contributed by atoms with Crippen LogP contribution in [0.1, 0.15) is 73.9 Å². The summed E-state index contributed by atoms with van der Waals surface area (Å²) in [7, 11) is -4.45. The molecular weight excluding hydrogens is 881 g/mol. The number of aromatic nitrogens is 1. The maximum absolute atomic E-state index is 13.9. The molecule has 1 fully saturated rings. The van der Waals surface area contributed by atoms with Crippen LogP contribution in [-0.2, 0) is 45.3 Å². The third-order valence-electron chi connectivity index (χ3n) is 10.0.